The second-order valence-electron chi connectivity index (χ2n) is 4.19. The molecule has 0 radical (unpaired) electrons. The van der Waals surface area contributed by atoms with E-state index in [1.165, 1.54) is 10.6 Å². The Bertz CT molecular complexity index is 789. The smallest absolute Gasteiger partial charge is 0.330 e. The van der Waals surface area contributed by atoms with Gasteiger partial charge in [0, 0.05) is 0 Å². The number of carboxylic acid groups (broad SMARTS) is 1. The number of carboxylic acids is 1. The van der Waals surface area contributed by atoms with Crippen LogP contribution in [0.25, 0.3) is 11.0 Å². The first kappa shape index (κ1) is 11.8. The van der Waals surface area contributed by atoms with E-state index in [0.29, 0.717) is 21.7 Å². The summed E-state index contributed by atoms with van der Waals surface area (Å²) in [6.07, 6.45) is 0. The van der Waals surface area contributed by atoms with Gasteiger partial charge >= 0.3 is 11.7 Å². The average Bonchev–Trinajstić information content (AvgIpc) is 2.59. The van der Waals surface area contributed by atoms with Crippen LogP contribution in [0.4, 0.5) is 5.69 Å². The molecule has 0 saturated heterocycles. The van der Waals surface area contributed by atoms with Crippen LogP contribution >= 0.6 is 11.6 Å². The molecule has 0 saturated carbocycles. The molecule has 0 aliphatic carbocycles. The molecule has 3 rings (SSSR count). The van der Waals surface area contributed by atoms with Crippen LogP contribution < -0.4 is 11.0 Å². The second kappa shape index (κ2) is 3.86. The monoisotopic (exact) mass is 281 g/mol. The van der Waals surface area contributed by atoms with E-state index < -0.39 is 18.2 Å². The molecule has 19 heavy (non-hydrogen) atoms. The van der Waals surface area contributed by atoms with Crippen LogP contribution in [0.3, 0.4) is 0 Å². The van der Waals surface area contributed by atoms with Gasteiger partial charge in [-0.25, -0.2) is 4.79 Å². The number of halogens is 1. The minimum absolute atomic E-state index is 0.144. The van der Waals surface area contributed by atoms with Gasteiger partial charge in [0.15, 0.2) is 0 Å². The Labute approximate surface area is 111 Å². The fraction of sp³-hybridized carbons (Fsp3) is 0.182. The summed E-state index contributed by atoms with van der Waals surface area (Å²) in [6.45, 7) is -0.604. The molecule has 1 aromatic heterocycles. The lowest BCUT2D eigenvalue weighted by Gasteiger charge is -2.15. The number of nitrogens with zero attached hydrogens (tertiary/aromatic N) is 2. The number of anilines is 1. The Hall–Kier alpha value is -2.28. The fourth-order valence-corrected chi connectivity index (χ4v) is 2.47. The number of aliphatic carboxylic acids is 1. The molecule has 1 aliphatic heterocycles. The summed E-state index contributed by atoms with van der Waals surface area (Å²) in [7, 11) is 0. The zero-order chi connectivity index (χ0) is 13.7. The lowest BCUT2D eigenvalue weighted by Crippen LogP contribution is -2.32. The van der Waals surface area contributed by atoms with Crippen molar-refractivity contribution in [1.82, 2.24) is 9.13 Å². The number of rotatable bonds is 2. The van der Waals surface area contributed by atoms with Gasteiger partial charge in [0.25, 0.3) is 0 Å². The fourth-order valence-electron chi connectivity index (χ4n) is 2.27. The Morgan fingerprint density at radius 3 is 2.84 bits per heavy atom. The highest BCUT2D eigenvalue weighted by molar-refractivity contribution is 6.35. The Kier molecular flexibility index (Phi) is 2.39. The predicted octanol–water partition coefficient (Wildman–Crippen LogP) is 0.493. The van der Waals surface area contributed by atoms with Gasteiger partial charge in [-0.15, -0.1) is 0 Å². The van der Waals surface area contributed by atoms with E-state index in [1.54, 1.807) is 6.07 Å². The first-order valence-electron chi connectivity index (χ1n) is 5.42. The molecular weight excluding hydrogens is 274 g/mol. The molecule has 1 aliphatic rings. The maximum Gasteiger partial charge on any atom is 0.330 e. The Morgan fingerprint density at radius 2 is 2.16 bits per heavy atom. The molecular formula is C11H8ClN3O4. The summed E-state index contributed by atoms with van der Waals surface area (Å²) in [4.78, 5) is 34.5. The highest BCUT2D eigenvalue weighted by Crippen LogP contribution is 2.32. The molecule has 98 valence electrons. The van der Waals surface area contributed by atoms with Gasteiger partial charge < -0.3 is 10.4 Å². The molecule has 1 aromatic carbocycles. The largest absolute Gasteiger partial charge is 0.480 e. The van der Waals surface area contributed by atoms with Crippen molar-refractivity contribution in [2.24, 2.45) is 0 Å². The lowest BCUT2D eigenvalue weighted by molar-refractivity contribution is -0.137. The summed E-state index contributed by atoms with van der Waals surface area (Å²) >= 11 is 5.99. The molecule has 8 heteroatoms. The van der Waals surface area contributed by atoms with Crippen LogP contribution in [-0.2, 0) is 22.7 Å². The van der Waals surface area contributed by atoms with Crippen molar-refractivity contribution in [2.45, 2.75) is 13.1 Å². The maximum absolute atomic E-state index is 12.1. The number of hydrogen-bond acceptors (Lipinski definition) is 3. The van der Waals surface area contributed by atoms with Crippen molar-refractivity contribution in [2.75, 3.05) is 5.32 Å². The first-order chi connectivity index (χ1) is 8.99. The summed E-state index contributed by atoms with van der Waals surface area (Å²) < 4.78 is 2.34. The number of hydrogen-bond donors (Lipinski definition) is 2. The van der Waals surface area contributed by atoms with Crippen molar-refractivity contribution in [3.05, 3.63) is 27.6 Å². The molecule has 2 aromatic rings. The Morgan fingerprint density at radius 1 is 1.42 bits per heavy atom. The van der Waals surface area contributed by atoms with Crippen molar-refractivity contribution < 1.29 is 14.7 Å². The minimum Gasteiger partial charge on any atom is -0.480 e. The number of carbonyl (C=O) groups is 2. The van der Waals surface area contributed by atoms with Gasteiger partial charge in [-0.1, -0.05) is 11.6 Å². The molecule has 0 fully saturated rings. The van der Waals surface area contributed by atoms with E-state index in [9.17, 15) is 14.4 Å². The third-order valence-electron chi connectivity index (χ3n) is 2.99. The summed E-state index contributed by atoms with van der Waals surface area (Å²) in [5.74, 6) is -1.49. The molecule has 1 amide bonds. The number of imidazole rings is 1. The molecule has 0 spiro atoms. The predicted molar refractivity (Wildman–Crippen MR) is 67.5 cm³/mol. The van der Waals surface area contributed by atoms with Crippen LogP contribution in [0.2, 0.25) is 5.02 Å². The Balaban J connectivity index is 2.42. The summed E-state index contributed by atoms with van der Waals surface area (Å²) in [5.41, 5.74) is 0.706. The minimum atomic E-state index is -1.13. The van der Waals surface area contributed by atoms with Crippen molar-refractivity contribution in [3.63, 3.8) is 0 Å². The standard InChI is InChI=1S/C11H8ClN3O4/c12-5-1-2-6-10-9(5)13-7(16)3-15(10)11(19)14(6)4-8(17)18/h1-2H,3-4H2,(H,13,16)(H,17,18). The van der Waals surface area contributed by atoms with Gasteiger partial charge in [0.2, 0.25) is 5.91 Å². The highest BCUT2D eigenvalue weighted by Gasteiger charge is 2.25. The molecule has 0 atom stereocenters. The quantitative estimate of drug-likeness (QED) is 0.838. The average molecular weight is 282 g/mol. The van der Waals surface area contributed by atoms with Gasteiger partial charge in [-0.3, -0.25) is 18.7 Å². The third kappa shape index (κ3) is 1.62. The SMILES string of the molecule is O=C(O)Cn1c(=O)n2c3c(c(Cl)ccc31)NC(=O)C2. The summed E-state index contributed by atoms with van der Waals surface area (Å²) in [6, 6.07) is 3.09. The van der Waals surface area contributed by atoms with Crippen LogP contribution in [0, 0.1) is 0 Å². The second-order valence-corrected chi connectivity index (χ2v) is 4.59. The number of carbonyl (C=O) groups excluding carboxylic acids is 1. The molecule has 0 unspecified atom stereocenters. The van der Waals surface area contributed by atoms with Crippen molar-refractivity contribution >= 4 is 40.2 Å². The first-order valence-corrected chi connectivity index (χ1v) is 5.80. The van der Waals surface area contributed by atoms with E-state index in [4.69, 9.17) is 16.7 Å². The van der Waals surface area contributed by atoms with Crippen molar-refractivity contribution in [3.8, 4) is 0 Å². The molecule has 2 heterocycles. The number of benzene rings is 1. The normalized spacial score (nSPS) is 13.6. The van der Waals surface area contributed by atoms with Crippen LogP contribution in [0.5, 0.6) is 0 Å². The summed E-state index contributed by atoms with van der Waals surface area (Å²) in [5, 5.41) is 11.7. The number of nitrogens with one attached hydrogen (secondary N) is 1. The van der Waals surface area contributed by atoms with Crippen LogP contribution in [0.1, 0.15) is 0 Å². The molecule has 7 nitrogen and oxygen atoms in total. The molecule has 0 bridgehead atoms. The zero-order valence-corrected chi connectivity index (χ0v) is 10.3. The third-order valence-corrected chi connectivity index (χ3v) is 3.30. The van der Waals surface area contributed by atoms with Crippen LogP contribution in [0.15, 0.2) is 16.9 Å². The number of aromatic nitrogens is 2. The lowest BCUT2D eigenvalue weighted by atomic mass is 10.2. The van der Waals surface area contributed by atoms with Gasteiger partial charge in [-0.2, -0.15) is 0 Å². The topological polar surface area (TPSA) is 93.3 Å². The van der Waals surface area contributed by atoms with E-state index in [2.05, 4.69) is 5.32 Å². The van der Waals surface area contributed by atoms with Gasteiger partial charge in [-0.05, 0) is 12.1 Å². The van der Waals surface area contributed by atoms with Gasteiger partial charge in [0.05, 0.1) is 21.7 Å². The molecule has 2 N–H and O–H groups in total. The number of amides is 1. The highest BCUT2D eigenvalue weighted by atomic mass is 35.5. The van der Waals surface area contributed by atoms with E-state index >= 15 is 0 Å². The van der Waals surface area contributed by atoms with Gasteiger partial charge in [0.1, 0.15) is 13.1 Å². The van der Waals surface area contributed by atoms with Crippen LogP contribution in [-0.4, -0.2) is 26.1 Å². The maximum atomic E-state index is 12.1. The van der Waals surface area contributed by atoms with E-state index in [0.717, 1.165) is 4.57 Å². The van der Waals surface area contributed by atoms with E-state index in [1.807, 2.05) is 0 Å². The van der Waals surface area contributed by atoms with Crippen molar-refractivity contribution in [1.29, 1.82) is 0 Å². The van der Waals surface area contributed by atoms with E-state index in [-0.39, 0.29) is 12.5 Å². The zero-order valence-electron chi connectivity index (χ0n) is 9.51.